The van der Waals surface area contributed by atoms with E-state index in [1.165, 1.54) is 7.11 Å². The minimum Gasteiger partial charge on any atom is -0.506 e. The summed E-state index contributed by atoms with van der Waals surface area (Å²) in [4.78, 5) is 15.1. The Hall–Kier alpha value is -2.46. The molecule has 106 valence electrons. The van der Waals surface area contributed by atoms with Gasteiger partial charge in [0.05, 0.1) is 18.2 Å². The van der Waals surface area contributed by atoms with Gasteiger partial charge in [0.15, 0.2) is 0 Å². The quantitative estimate of drug-likeness (QED) is 0.760. The molecule has 0 spiro atoms. The lowest BCUT2D eigenvalue weighted by molar-refractivity contribution is 0.415. The van der Waals surface area contributed by atoms with Crippen LogP contribution in [0.15, 0.2) is 47.3 Å². The topological polar surface area (TPSA) is 62.3 Å². The van der Waals surface area contributed by atoms with E-state index in [0.717, 1.165) is 0 Å². The van der Waals surface area contributed by atoms with Crippen LogP contribution in [0.2, 0.25) is 5.02 Å². The van der Waals surface area contributed by atoms with Crippen molar-refractivity contribution < 1.29 is 9.84 Å². The Morgan fingerprint density at radius 3 is 2.71 bits per heavy atom. The molecular formula is C16H12ClNO3. The summed E-state index contributed by atoms with van der Waals surface area (Å²) in [5.74, 6) is 0.432. The number of pyridine rings is 1. The molecule has 0 bridgehead atoms. The second-order valence-corrected chi connectivity index (χ2v) is 5.00. The van der Waals surface area contributed by atoms with Crippen LogP contribution >= 0.6 is 11.6 Å². The summed E-state index contributed by atoms with van der Waals surface area (Å²) in [5.41, 5.74) is 0.813. The number of para-hydroxylation sites is 1. The fourth-order valence-corrected chi connectivity index (χ4v) is 2.53. The van der Waals surface area contributed by atoms with Crippen LogP contribution in [0.4, 0.5) is 0 Å². The van der Waals surface area contributed by atoms with E-state index in [0.29, 0.717) is 27.2 Å². The second kappa shape index (κ2) is 5.14. The maximum Gasteiger partial charge on any atom is 0.260 e. The van der Waals surface area contributed by atoms with Crippen LogP contribution in [-0.2, 0) is 0 Å². The third-order valence-corrected chi connectivity index (χ3v) is 3.56. The van der Waals surface area contributed by atoms with Gasteiger partial charge >= 0.3 is 0 Å². The Kier molecular flexibility index (Phi) is 3.31. The number of H-pyrrole nitrogens is 1. The fourth-order valence-electron chi connectivity index (χ4n) is 2.35. The maximum atomic E-state index is 12.3. The Morgan fingerprint density at radius 2 is 1.95 bits per heavy atom. The lowest BCUT2D eigenvalue weighted by Gasteiger charge is -2.11. The zero-order chi connectivity index (χ0) is 15.0. The number of benzene rings is 2. The largest absolute Gasteiger partial charge is 0.506 e. The molecule has 3 rings (SSSR count). The van der Waals surface area contributed by atoms with Gasteiger partial charge in [0.25, 0.3) is 5.56 Å². The van der Waals surface area contributed by atoms with Gasteiger partial charge < -0.3 is 14.8 Å². The summed E-state index contributed by atoms with van der Waals surface area (Å²) in [6, 6.07) is 12.0. The zero-order valence-electron chi connectivity index (χ0n) is 11.2. The smallest absolute Gasteiger partial charge is 0.260 e. The molecule has 2 aromatic carbocycles. The number of aromatic amines is 1. The molecule has 0 atom stereocenters. The molecule has 4 nitrogen and oxygen atoms in total. The van der Waals surface area contributed by atoms with Gasteiger partial charge in [-0.3, -0.25) is 4.79 Å². The van der Waals surface area contributed by atoms with Crippen molar-refractivity contribution in [3.05, 3.63) is 57.8 Å². The van der Waals surface area contributed by atoms with Crippen molar-refractivity contribution in [3.63, 3.8) is 0 Å². The molecule has 5 heteroatoms. The van der Waals surface area contributed by atoms with Crippen LogP contribution in [-0.4, -0.2) is 17.2 Å². The number of aromatic nitrogens is 1. The van der Waals surface area contributed by atoms with Gasteiger partial charge in [-0.15, -0.1) is 0 Å². The first-order valence-corrected chi connectivity index (χ1v) is 6.67. The maximum absolute atomic E-state index is 12.3. The Morgan fingerprint density at radius 1 is 1.19 bits per heavy atom. The van der Waals surface area contributed by atoms with Crippen LogP contribution in [0.1, 0.15) is 0 Å². The van der Waals surface area contributed by atoms with E-state index < -0.39 is 5.56 Å². The molecular weight excluding hydrogens is 290 g/mol. The SMILES string of the molecule is COc1ccccc1-c1c(O)c2ccc(Cl)cc2[nH]c1=O. The number of rotatable bonds is 2. The van der Waals surface area contributed by atoms with E-state index in [2.05, 4.69) is 4.98 Å². The van der Waals surface area contributed by atoms with Crippen LogP contribution in [0, 0.1) is 0 Å². The van der Waals surface area contributed by atoms with Gasteiger partial charge in [-0.2, -0.15) is 0 Å². The molecule has 1 heterocycles. The number of hydrogen-bond acceptors (Lipinski definition) is 3. The molecule has 0 saturated carbocycles. The standard InChI is InChI=1S/C16H12ClNO3/c1-21-13-5-3-2-4-11(13)14-15(19)10-7-6-9(17)8-12(10)18-16(14)20/h2-8H,1H3,(H2,18,19,20). The molecule has 0 unspecified atom stereocenters. The Bertz CT molecular complexity index is 886. The highest BCUT2D eigenvalue weighted by Crippen LogP contribution is 2.36. The van der Waals surface area contributed by atoms with E-state index in [-0.39, 0.29) is 11.3 Å². The lowest BCUT2D eigenvalue weighted by atomic mass is 10.0. The minimum atomic E-state index is -0.397. The third kappa shape index (κ3) is 2.23. The zero-order valence-corrected chi connectivity index (χ0v) is 11.9. The highest BCUT2D eigenvalue weighted by molar-refractivity contribution is 6.31. The van der Waals surface area contributed by atoms with Gasteiger partial charge in [-0.25, -0.2) is 0 Å². The highest BCUT2D eigenvalue weighted by atomic mass is 35.5. The number of hydrogen-bond donors (Lipinski definition) is 2. The fraction of sp³-hybridized carbons (Fsp3) is 0.0625. The molecule has 0 fully saturated rings. The van der Waals surface area contributed by atoms with Gasteiger partial charge in [0, 0.05) is 16.0 Å². The number of ether oxygens (including phenoxy) is 1. The van der Waals surface area contributed by atoms with E-state index in [1.54, 1.807) is 42.5 Å². The van der Waals surface area contributed by atoms with Crippen molar-refractivity contribution in [2.24, 2.45) is 0 Å². The van der Waals surface area contributed by atoms with Crippen LogP contribution in [0.25, 0.3) is 22.0 Å². The predicted octanol–water partition coefficient (Wildman–Crippen LogP) is 3.56. The average molecular weight is 302 g/mol. The van der Waals surface area contributed by atoms with Crippen LogP contribution < -0.4 is 10.3 Å². The first-order valence-electron chi connectivity index (χ1n) is 6.29. The van der Waals surface area contributed by atoms with E-state index in [4.69, 9.17) is 16.3 Å². The number of fused-ring (bicyclic) bond motifs is 1. The predicted molar refractivity (Wildman–Crippen MR) is 83.2 cm³/mol. The molecule has 0 aliphatic rings. The van der Waals surface area contributed by atoms with Crippen molar-refractivity contribution in [3.8, 4) is 22.6 Å². The van der Waals surface area contributed by atoms with Crippen molar-refractivity contribution >= 4 is 22.5 Å². The number of aromatic hydroxyl groups is 1. The van der Waals surface area contributed by atoms with Crippen LogP contribution in [0.3, 0.4) is 0 Å². The normalized spacial score (nSPS) is 10.8. The molecule has 0 amide bonds. The van der Waals surface area contributed by atoms with Gasteiger partial charge in [0.1, 0.15) is 11.5 Å². The molecule has 21 heavy (non-hydrogen) atoms. The second-order valence-electron chi connectivity index (χ2n) is 4.57. The summed E-state index contributed by atoms with van der Waals surface area (Å²) in [6.07, 6.45) is 0. The van der Waals surface area contributed by atoms with Crippen molar-refractivity contribution in [1.29, 1.82) is 0 Å². The number of nitrogens with one attached hydrogen (secondary N) is 1. The number of halogens is 1. The first-order chi connectivity index (χ1) is 10.1. The van der Waals surface area contributed by atoms with Gasteiger partial charge in [0.2, 0.25) is 0 Å². The third-order valence-electron chi connectivity index (χ3n) is 3.33. The lowest BCUT2D eigenvalue weighted by Crippen LogP contribution is -2.10. The highest BCUT2D eigenvalue weighted by Gasteiger charge is 2.17. The monoisotopic (exact) mass is 301 g/mol. The Balaban J connectivity index is 2.38. The average Bonchev–Trinajstić information content (AvgIpc) is 2.47. The molecule has 0 saturated heterocycles. The van der Waals surface area contributed by atoms with Gasteiger partial charge in [-0.1, -0.05) is 29.8 Å². The van der Waals surface area contributed by atoms with Crippen LogP contribution in [0.5, 0.6) is 11.5 Å². The van der Waals surface area contributed by atoms with Crippen molar-refractivity contribution in [1.82, 2.24) is 4.98 Å². The summed E-state index contributed by atoms with van der Waals surface area (Å²) in [5, 5.41) is 11.5. The molecule has 0 radical (unpaired) electrons. The summed E-state index contributed by atoms with van der Waals surface area (Å²) >= 11 is 5.90. The summed E-state index contributed by atoms with van der Waals surface area (Å²) in [7, 11) is 1.52. The number of methoxy groups -OCH3 is 1. The Labute approximate surface area is 125 Å². The summed E-state index contributed by atoms with van der Waals surface area (Å²) < 4.78 is 5.26. The van der Waals surface area contributed by atoms with Crippen molar-refractivity contribution in [2.45, 2.75) is 0 Å². The van der Waals surface area contributed by atoms with E-state index >= 15 is 0 Å². The molecule has 0 aliphatic heterocycles. The molecule has 0 aliphatic carbocycles. The first kappa shape index (κ1) is 13.5. The molecule has 1 aromatic heterocycles. The van der Waals surface area contributed by atoms with E-state index in [9.17, 15) is 9.90 Å². The van der Waals surface area contributed by atoms with Gasteiger partial charge in [-0.05, 0) is 24.3 Å². The van der Waals surface area contributed by atoms with Crippen molar-refractivity contribution in [2.75, 3.05) is 7.11 Å². The minimum absolute atomic E-state index is 0.0880. The summed E-state index contributed by atoms with van der Waals surface area (Å²) in [6.45, 7) is 0. The molecule has 3 aromatic rings. The molecule has 2 N–H and O–H groups in total. The van der Waals surface area contributed by atoms with E-state index in [1.807, 2.05) is 0 Å².